The first-order valence-electron chi connectivity index (χ1n) is 9.19. The van der Waals surface area contributed by atoms with Crippen molar-refractivity contribution in [2.75, 3.05) is 18.0 Å². The molecule has 154 valence electrons. The second kappa shape index (κ2) is 7.85. The van der Waals surface area contributed by atoms with E-state index in [1.807, 2.05) is 0 Å². The molecule has 0 amide bonds. The van der Waals surface area contributed by atoms with Gasteiger partial charge in [0.15, 0.2) is 0 Å². The number of nitro benzene ring substituents is 2. The number of hydrogen-bond acceptors (Lipinski definition) is 8. The Bertz CT molecular complexity index is 1120. The Kier molecular flexibility index (Phi) is 5.09. The van der Waals surface area contributed by atoms with Gasteiger partial charge in [0.05, 0.1) is 21.8 Å². The lowest BCUT2D eigenvalue weighted by Gasteiger charge is -2.32. The third-order valence-corrected chi connectivity index (χ3v) is 5.00. The van der Waals surface area contributed by atoms with E-state index in [0.29, 0.717) is 30.2 Å². The SMILES string of the molecule is O=[N+]([O-])c1ccc(N2CCC[C@@H](c3nc(-c4cccc(F)c4)no3)C2)c([N+](=O)[O-])c1. The van der Waals surface area contributed by atoms with Crippen LogP contribution >= 0.6 is 0 Å². The highest BCUT2D eigenvalue weighted by atomic mass is 19.1. The van der Waals surface area contributed by atoms with Gasteiger partial charge in [0.1, 0.15) is 11.5 Å². The molecule has 1 atom stereocenters. The normalized spacial score (nSPS) is 16.4. The summed E-state index contributed by atoms with van der Waals surface area (Å²) >= 11 is 0. The van der Waals surface area contributed by atoms with Crippen molar-refractivity contribution in [2.45, 2.75) is 18.8 Å². The Balaban J connectivity index is 1.59. The molecule has 10 nitrogen and oxygen atoms in total. The van der Waals surface area contributed by atoms with E-state index in [1.54, 1.807) is 17.0 Å². The Morgan fingerprint density at radius 3 is 2.70 bits per heavy atom. The summed E-state index contributed by atoms with van der Waals surface area (Å²) in [6.07, 6.45) is 1.46. The number of benzene rings is 2. The third-order valence-electron chi connectivity index (χ3n) is 5.00. The Morgan fingerprint density at radius 1 is 1.13 bits per heavy atom. The molecule has 3 aromatic rings. The van der Waals surface area contributed by atoms with Crippen molar-refractivity contribution in [1.29, 1.82) is 0 Å². The highest BCUT2D eigenvalue weighted by Crippen LogP contribution is 2.36. The summed E-state index contributed by atoms with van der Waals surface area (Å²) in [6, 6.07) is 9.46. The molecule has 1 saturated heterocycles. The van der Waals surface area contributed by atoms with Crippen molar-refractivity contribution in [1.82, 2.24) is 10.1 Å². The average Bonchev–Trinajstić information content (AvgIpc) is 3.24. The van der Waals surface area contributed by atoms with E-state index in [4.69, 9.17) is 4.52 Å². The largest absolute Gasteiger partial charge is 0.365 e. The van der Waals surface area contributed by atoms with Gasteiger partial charge >= 0.3 is 0 Å². The molecule has 1 fully saturated rings. The van der Waals surface area contributed by atoms with E-state index in [9.17, 15) is 24.6 Å². The van der Waals surface area contributed by atoms with Gasteiger partial charge in [0.25, 0.3) is 11.4 Å². The first-order valence-corrected chi connectivity index (χ1v) is 9.19. The van der Waals surface area contributed by atoms with Gasteiger partial charge in [-0.1, -0.05) is 17.3 Å². The molecule has 4 rings (SSSR count). The van der Waals surface area contributed by atoms with Gasteiger partial charge in [0, 0.05) is 24.7 Å². The number of anilines is 1. The van der Waals surface area contributed by atoms with Crippen molar-refractivity contribution >= 4 is 17.1 Å². The smallest absolute Gasteiger partial charge is 0.299 e. The van der Waals surface area contributed by atoms with Gasteiger partial charge in [-0.15, -0.1) is 0 Å². The summed E-state index contributed by atoms with van der Waals surface area (Å²) in [6.45, 7) is 0.934. The van der Waals surface area contributed by atoms with Gasteiger partial charge in [-0.3, -0.25) is 20.2 Å². The first-order chi connectivity index (χ1) is 14.4. The fourth-order valence-corrected chi connectivity index (χ4v) is 3.58. The van der Waals surface area contributed by atoms with E-state index in [-0.39, 0.29) is 23.1 Å². The lowest BCUT2D eigenvalue weighted by atomic mass is 9.97. The zero-order valence-corrected chi connectivity index (χ0v) is 15.6. The van der Waals surface area contributed by atoms with Crippen LogP contribution in [0.1, 0.15) is 24.7 Å². The number of aromatic nitrogens is 2. The standard InChI is InChI=1S/C19H16FN5O5/c20-14-5-1-3-12(9-14)18-21-19(30-22-18)13-4-2-8-23(11-13)16-7-6-15(24(26)27)10-17(16)25(28)29/h1,3,5-7,9-10,13H,2,4,8,11H2/t13-/m1/s1. The Labute approximate surface area is 169 Å². The van der Waals surface area contributed by atoms with Gasteiger partial charge in [0.2, 0.25) is 11.7 Å². The molecule has 2 aromatic carbocycles. The number of hydrogen-bond donors (Lipinski definition) is 0. The van der Waals surface area contributed by atoms with Crippen LogP contribution in [0, 0.1) is 26.0 Å². The molecule has 1 aliphatic rings. The zero-order chi connectivity index (χ0) is 21.3. The number of nitrogens with zero attached hydrogens (tertiary/aromatic N) is 5. The quantitative estimate of drug-likeness (QED) is 0.452. The lowest BCUT2D eigenvalue weighted by Crippen LogP contribution is -2.34. The molecule has 2 heterocycles. The van der Waals surface area contributed by atoms with Gasteiger partial charge in [-0.2, -0.15) is 4.98 Å². The second-order valence-electron chi connectivity index (χ2n) is 6.94. The topological polar surface area (TPSA) is 128 Å². The van der Waals surface area contributed by atoms with Crippen molar-refractivity contribution in [2.24, 2.45) is 0 Å². The molecule has 0 N–H and O–H groups in total. The van der Waals surface area contributed by atoms with E-state index >= 15 is 0 Å². The second-order valence-corrected chi connectivity index (χ2v) is 6.94. The molecule has 11 heteroatoms. The van der Waals surface area contributed by atoms with Crippen LogP contribution in [-0.4, -0.2) is 33.1 Å². The predicted octanol–water partition coefficient (Wildman–Crippen LogP) is 4.08. The molecular weight excluding hydrogens is 397 g/mol. The molecule has 0 unspecified atom stereocenters. The maximum atomic E-state index is 13.4. The summed E-state index contributed by atoms with van der Waals surface area (Å²) in [5.41, 5.74) is 0.135. The van der Waals surface area contributed by atoms with E-state index in [2.05, 4.69) is 10.1 Å². The van der Waals surface area contributed by atoms with Gasteiger partial charge < -0.3 is 9.42 Å². The van der Waals surface area contributed by atoms with E-state index < -0.39 is 15.7 Å². The van der Waals surface area contributed by atoms with Gasteiger partial charge in [-0.25, -0.2) is 4.39 Å². The molecule has 0 aliphatic carbocycles. The van der Waals surface area contributed by atoms with Crippen LogP contribution < -0.4 is 4.90 Å². The monoisotopic (exact) mass is 413 g/mol. The predicted molar refractivity (Wildman–Crippen MR) is 104 cm³/mol. The molecule has 0 bridgehead atoms. The highest BCUT2D eigenvalue weighted by Gasteiger charge is 2.30. The maximum Gasteiger partial charge on any atom is 0.299 e. The molecular formula is C19H16FN5O5. The minimum Gasteiger partial charge on any atom is -0.365 e. The van der Waals surface area contributed by atoms with Crippen molar-refractivity contribution < 1.29 is 18.8 Å². The third kappa shape index (κ3) is 3.81. The van der Waals surface area contributed by atoms with Gasteiger partial charge in [-0.05, 0) is 31.0 Å². The van der Waals surface area contributed by atoms with Crippen molar-refractivity contribution in [3.05, 3.63) is 74.4 Å². The van der Waals surface area contributed by atoms with Crippen LogP contribution in [0.25, 0.3) is 11.4 Å². The summed E-state index contributed by atoms with van der Waals surface area (Å²) in [5.74, 6) is 0.0444. The summed E-state index contributed by atoms with van der Waals surface area (Å²) in [5, 5.41) is 26.3. The van der Waals surface area contributed by atoms with Crippen LogP contribution in [0.5, 0.6) is 0 Å². The fourth-order valence-electron chi connectivity index (χ4n) is 3.58. The minimum absolute atomic E-state index is 0.177. The van der Waals surface area contributed by atoms with Crippen molar-refractivity contribution in [3.8, 4) is 11.4 Å². The number of halogens is 1. The number of piperidine rings is 1. The van der Waals surface area contributed by atoms with E-state index in [1.165, 1.54) is 24.3 Å². The average molecular weight is 413 g/mol. The molecule has 0 saturated carbocycles. The Hall–Kier alpha value is -3.89. The molecule has 0 spiro atoms. The van der Waals surface area contributed by atoms with Crippen LogP contribution in [0.3, 0.4) is 0 Å². The fraction of sp³-hybridized carbons (Fsp3) is 0.263. The molecule has 0 radical (unpaired) electrons. The Morgan fingerprint density at radius 2 is 1.97 bits per heavy atom. The van der Waals surface area contributed by atoms with Crippen molar-refractivity contribution in [3.63, 3.8) is 0 Å². The summed E-state index contributed by atoms with van der Waals surface area (Å²) in [4.78, 5) is 27.3. The van der Waals surface area contributed by atoms with E-state index in [0.717, 1.165) is 18.9 Å². The number of non-ortho nitro benzene ring substituents is 1. The lowest BCUT2D eigenvalue weighted by molar-refractivity contribution is -0.393. The van der Waals surface area contributed by atoms with Crippen LogP contribution in [0.4, 0.5) is 21.5 Å². The maximum absolute atomic E-state index is 13.4. The summed E-state index contributed by atoms with van der Waals surface area (Å²) < 4.78 is 18.8. The van der Waals surface area contributed by atoms with Crippen LogP contribution in [0.2, 0.25) is 0 Å². The van der Waals surface area contributed by atoms with Crippen LogP contribution in [-0.2, 0) is 0 Å². The summed E-state index contributed by atoms with van der Waals surface area (Å²) in [7, 11) is 0. The number of nitro groups is 2. The number of rotatable bonds is 5. The molecule has 1 aliphatic heterocycles. The highest BCUT2D eigenvalue weighted by molar-refractivity contribution is 5.67. The first kappa shape index (κ1) is 19.4. The molecule has 30 heavy (non-hydrogen) atoms. The molecule has 1 aromatic heterocycles. The van der Waals surface area contributed by atoms with Crippen LogP contribution in [0.15, 0.2) is 47.0 Å². The zero-order valence-electron chi connectivity index (χ0n) is 15.6. The minimum atomic E-state index is -0.665.